The van der Waals surface area contributed by atoms with Gasteiger partial charge in [0.2, 0.25) is 0 Å². The second-order valence-electron chi connectivity index (χ2n) is 3.45. The quantitative estimate of drug-likeness (QED) is 0.647. The molecule has 0 saturated heterocycles. The minimum absolute atomic E-state index is 0.501. The summed E-state index contributed by atoms with van der Waals surface area (Å²) in [6.45, 7) is 6.12. The van der Waals surface area contributed by atoms with Crippen LogP contribution in [-0.4, -0.2) is 43.2 Å². The number of hydrogen-bond acceptors (Lipinski definition) is 2. The van der Waals surface area contributed by atoms with Crippen LogP contribution in [-0.2, 0) is 0 Å². The predicted molar refractivity (Wildman–Crippen MR) is 62.0 cm³/mol. The molecule has 0 radical (unpaired) electrons. The van der Waals surface area contributed by atoms with Crippen molar-refractivity contribution in [1.82, 2.24) is 15.5 Å². The fraction of sp³-hybridized carbons (Fsp3) is 0.889. The summed E-state index contributed by atoms with van der Waals surface area (Å²) in [4.78, 5) is 2.16. The van der Waals surface area contributed by atoms with Gasteiger partial charge in [-0.25, -0.2) is 0 Å². The van der Waals surface area contributed by atoms with Gasteiger partial charge in [0.25, 0.3) is 0 Å². The number of thiocarbonyl (C=S) groups is 1. The van der Waals surface area contributed by atoms with Gasteiger partial charge in [-0.3, -0.25) is 0 Å². The molecule has 0 aliphatic rings. The summed E-state index contributed by atoms with van der Waals surface area (Å²) in [6, 6.07) is 0.501. The molecule has 0 aromatic carbocycles. The number of hydrogen-bond donors (Lipinski definition) is 2. The van der Waals surface area contributed by atoms with Gasteiger partial charge in [0.1, 0.15) is 0 Å². The van der Waals surface area contributed by atoms with Crippen LogP contribution in [0.4, 0.5) is 0 Å². The maximum Gasteiger partial charge on any atom is 0.166 e. The highest BCUT2D eigenvalue weighted by Crippen LogP contribution is 1.87. The Morgan fingerprint density at radius 2 is 2.00 bits per heavy atom. The fourth-order valence-corrected chi connectivity index (χ4v) is 0.909. The summed E-state index contributed by atoms with van der Waals surface area (Å²) in [5.41, 5.74) is 0. The number of rotatable bonds is 5. The van der Waals surface area contributed by atoms with E-state index >= 15 is 0 Å². The zero-order valence-corrected chi connectivity index (χ0v) is 9.87. The molecule has 0 heterocycles. The first-order chi connectivity index (χ1) is 6.07. The smallest absolute Gasteiger partial charge is 0.166 e. The van der Waals surface area contributed by atoms with E-state index in [4.69, 9.17) is 12.2 Å². The predicted octanol–water partition coefficient (Wildman–Crippen LogP) is 0.811. The second kappa shape index (κ2) is 7.09. The molecule has 0 aliphatic carbocycles. The maximum atomic E-state index is 5.08. The van der Waals surface area contributed by atoms with Gasteiger partial charge in [-0.2, -0.15) is 0 Å². The lowest BCUT2D eigenvalue weighted by molar-refractivity contribution is 0.313. The minimum atomic E-state index is 0.501. The van der Waals surface area contributed by atoms with Crippen LogP contribution in [0.3, 0.4) is 0 Å². The van der Waals surface area contributed by atoms with Crippen LogP contribution >= 0.6 is 12.2 Å². The second-order valence-corrected chi connectivity index (χ2v) is 3.86. The summed E-state index contributed by atoms with van der Waals surface area (Å²) in [5.74, 6) is 0. The van der Waals surface area contributed by atoms with Crippen LogP contribution in [0.15, 0.2) is 0 Å². The Bertz CT molecular complexity index is 148. The molecule has 0 aromatic heterocycles. The van der Waals surface area contributed by atoms with Crippen LogP contribution < -0.4 is 10.6 Å². The van der Waals surface area contributed by atoms with Crippen molar-refractivity contribution >= 4 is 17.3 Å². The van der Waals surface area contributed by atoms with Crippen molar-refractivity contribution in [1.29, 1.82) is 0 Å². The summed E-state index contributed by atoms with van der Waals surface area (Å²) in [5, 5.41) is 7.07. The number of nitrogens with one attached hydrogen (secondary N) is 2. The molecule has 4 heteroatoms. The molecule has 0 saturated carbocycles. The van der Waals surface area contributed by atoms with Gasteiger partial charge in [-0.05, 0) is 39.7 Å². The summed E-state index contributed by atoms with van der Waals surface area (Å²) >= 11 is 5.08. The normalized spacial score (nSPS) is 12.7. The highest BCUT2D eigenvalue weighted by molar-refractivity contribution is 7.80. The molecule has 13 heavy (non-hydrogen) atoms. The Kier molecular flexibility index (Phi) is 6.90. The molecule has 1 atom stereocenters. The molecule has 0 spiro atoms. The van der Waals surface area contributed by atoms with E-state index in [1.807, 2.05) is 0 Å². The molecule has 0 aliphatic heterocycles. The Morgan fingerprint density at radius 1 is 1.38 bits per heavy atom. The molecule has 78 valence electrons. The number of likely N-dealkylation sites (N-methyl/N-ethyl adjacent to an activating group) is 1. The van der Waals surface area contributed by atoms with Crippen molar-refractivity contribution in [3.05, 3.63) is 0 Å². The molecule has 0 fully saturated rings. The SMILES string of the molecule is CCCNC(=S)NCC(C)N(C)C. The van der Waals surface area contributed by atoms with E-state index < -0.39 is 0 Å². The van der Waals surface area contributed by atoms with Gasteiger partial charge < -0.3 is 15.5 Å². The Balaban J connectivity index is 3.46. The Labute approximate surface area is 86.9 Å². The highest BCUT2D eigenvalue weighted by Gasteiger charge is 2.03. The maximum absolute atomic E-state index is 5.08. The lowest BCUT2D eigenvalue weighted by Gasteiger charge is -2.21. The van der Waals surface area contributed by atoms with E-state index in [-0.39, 0.29) is 0 Å². The van der Waals surface area contributed by atoms with Gasteiger partial charge in [-0.15, -0.1) is 0 Å². The largest absolute Gasteiger partial charge is 0.363 e. The van der Waals surface area contributed by atoms with Gasteiger partial charge >= 0.3 is 0 Å². The first kappa shape index (κ1) is 12.7. The van der Waals surface area contributed by atoms with Crippen molar-refractivity contribution in [2.24, 2.45) is 0 Å². The van der Waals surface area contributed by atoms with Crippen molar-refractivity contribution in [2.45, 2.75) is 26.3 Å². The van der Waals surface area contributed by atoms with Gasteiger partial charge in [0, 0.05) is 19.1 Å². The van der Waals surface area contributed by atoms with E-state index in [2.05, 4.69) is 43.5 Å². The standard InChI is InChI=1S/C9H21N3S/c1-5-6-10-9(13)11-7-8(2)12(3)4/h8H,5-7H2,1-4H3,(H2,10,11,13). The van der Waals surface area contributed by atoms with Crippen molar-refractivity contribution in [3.63, 3.8) is 0 Å². The molecule has 2 N–H and O–H groups in total. The van der Waals surface area contributed by atoms with Crippen LogP contribution in [0, 0.1) is 0 Å². The zero-order valence-electron chi connectivity index (χ0n) is 9.05. The average molecular weight is 203 g/mol. The third-order valence-electron chi connectivity index (χ3n) is 1.98. The van der Waals surface area contributed by atoms with Crippen molar-refractivity contribution in [3.8, 4) is 0 Å². The summed E-state index contributed by atoms with van der Waals surface area (Å²) < 4.78 is 0. The molecule has 0 bridgehead atoms. The third kappa shape index (κ3) is 6.78. The molecule has 3 nitrogen and oxygen atoms in total. The van der Waals surface area contributed by atoms with Gasteiger partial charge in [-0.1, -0.05) is 6.92 Å². The van der Waals surface area contributed by atoms with E-state index in [0.717, 1.165) is 24.6 Å². The average Bonchev–Trinajstić information content (AvgIpc) is 2.10. The summed E-state index contributed by atoms with van der Waals surface area (Å²) in [7, 11) is 4.13. The fourth-order valence-electron chi connectivity index (χ4n) is 0.724. The van der Waals surface area contributed by atoms with E-state index in [1.165, 1.54) is 0 Å². The van der Waals surface area contributed by atoms with Gasteiger partial charge in [0.05, 0.1) is 0 Å². The molecular weight excluding hydrogens is 182 g/mol. The Hall–Kier alpha value is -0.350. The van der Waals surface area contributed by atoms with Crippen molar-refractivity contribution < 1.29 is 0 Å². The summed E-state index contributed by atoms with van der Waals surface area (Å²) in [6.07, 6.45) is 1.10. The van der Waals surface area contributed by atoms with E-state index in [9.17, 15) is 0 Å². The molecule has 0 rings (SSSR count). The monoisotopic (exact) mass is 203 g/mol. The third-order valence-corrected chi connectivity index (χ3v) is 2.26. The highest BCUT2D eigenvalue weighted by atomic mass is 32.1. The first-order valence-electron chi connectivity index (χ1n) is 4.76. The minimum Gasteiger partial charge on any atom is -0.363 e. The van der Waals surface area contributed by atoms with Gasteiger partial charge in [0.15, 0.2) is 5.11 Å². The molecule has 0 aromatic rings. The molecule has 0 amide bonds. The van der Waals surface area contributed by atoms with E-state index in [1.54, 1.807) is 0 Å². The van der Waals surface area contributed by atoms with Crippen LogP contribution in [0.5, 0.6) is 0 Å². The lowest BCUT2D eigenvalue weighted by Crippen LogP contribution is -2.42. The van der Waals surface area contributed by atoms with Crippen LogP contribution in [0.1, 0.15) is 20.3 Å². The molecule has 1 unspecified atom stereocenters. The number of nitrogens with zero attached hydrogens (tertiary/aromatic N) is 1. The lowest BCUT2D eigenvalue weighted by atomic mass is 10.3. The molecular formula is C9H21N3S. The zero-order chi connectivity index (χ0) is 10.3. The Morgan fingerprint density at radius 3 is 2.46 bits per heavy atom. The van der Waals surface area contributed by atoms with Crippen LogP contribution in [0.2, 0.25) is 0 Å². The van der Waals surface area contributed by atoms with E-state index in [0.29, 0.717) is 6.04 Å². The van der Waals surface area contributed by atoms with Crippen molar-refractivity contribution in [2.75, 3.05) is 27.2 Å². The topological polar surface area (TPSA) is 27.3 Å². The first-order valence-corrected chi connectivity index (χ1v) is 5.16. The van der Waals surface area contributed by atoms with Crippen LogP contribution in [0.25, 0.3) is 0 Å².